The number of aliphatic carboxylic acids is 1. The van der Waals surface area contributed by atoms with E-state index >= 15 is 8.78 Å². The average molecular weight is 1330 g/mol. The van der Waals surface area contributed by atoms with Crippen molar-refractivity contribution in [2.45, 2.75) is 190 Å². The van der Waals surface area contributed by atoms with Crippen molar-refractivity contribution in [1.82, 2.24) is 30.4 Å². The van der Waals surface area contributed by atoms with Crippen LogP contribution in [0.2, 0.25) is 20.4 Å². The van der Waals surface area contributed by atoms with E-state index in [1.54, 1.807) is 36.4 Å². The number of aromatic amines is 2. The predicted molar refractivity (Wildman–Crippen MR) is 338 cm³/mol. The number of benzene rings is 2. The number of carboxylic acid groups (broad SMARTS) is 1. The van der Waals surface area contributed by atoms with Crippen LogP contribution < -0.4 is 27.9 Å². The fraction of sp³-hybridized carbons (Fsp3) is 0.552. The van der Waals surface area contributed by atoms with Gasteiger partial charge in [0.2, 0.25) is 23.6 Å². The first-order chi connectivity index (χ1) is 43.2. The van der Waals surface area contributed by atoms with Crippen molar-refractivity contribution in [2.24, 2.45) is 45.1 Å². The van der Waals surface area contributed by atoms with Crippen molar-refractivity contribution in [1.29, 1.82) is 0 Å². The fourth-order valence-electron chi connectivity index (χ4n) is 18.0. The third kappa shape index (κ3) is 11.4. The van der Waals surface area contributed by atoms with E-state index in [0.29, 0.717) is 70.5 Å². The molecule has 7 N–H and O–H groups in total. The molecule has 0 radical (unpaired) electrons. The fourth-order valence-corrected chi connectivity index (χ4v) is 18.7. The van der Waals surface area contributed by atoms with Gasteiger partial charge in [0, 0.05) is 75.9 Å². The first-order valence-electron chi connectivity index (χ1n) is 31.7. The number of Topliss-reactive ketones (excluding diaryl/α,β-unsaturated/α-hetero) is 1. The van der Waals surface area contributed by atoms with Gasteiger partial charge in [-0.1, -0.05) is 86.2 Å². The number of nitrogens with zero attached hydrogens (tertiary/aromatic N) is 4. The zero-order chi connectivity index (χ0) is 64.7. The molecule has 24 heteroatoms. The second-order valence-corrected chi connectivity index (χ2v) is 30.2. The van der Waals surface area contributed by atoms with E-state index in [-0.39, 0.29) is 74.0 Å². The number of hydrogen-bond acceptors (Lipinski definition) is 13. The van der Waals surface area contributed by atoms with Crippen LogP contribution in [0.25, 0.3) is 0 Å². The normalized spacial score (nSPS) is 29.6. The van der Waals surface area contributed by atoms with Crippen LogP contribution in [0.5, 0.6) is 0 Å². The summed E-state index contributed by atoms with van der Waals surface area (Å²) in [5.41, 5.74) is 5.38. The average Bonchev–Trinajstić information content (AvgIpc) is 1.52. The molecule has 6 aliphatic carbocycles. The molecule has 1 unspecified atom stereocenters. The molecule has 2 aromatic carbocycles. The largest absolute Gasteiger partial charge is 0.481 e. The van der Waals surface area contributed by atoms with Crippen LogP contribution in [0.4, 0.5) is 20.2 Å². The smallest absolute Gasteiger partial charge is 0.434 e. The highest BCUT2D eigenvalue weighted by atomic mass is 35.5. The number of carbonyl (C=O) groups is 4. The van der Waals surface area contributed by atoms with Gasteiger partial charge in [0.25, 0.3) is 0 Å². The van der Waals surface area contributed by atoms with Crippen LogP contribution in [0, 0.1) is 51.0 Å². The Hall–Kier alpha value is -6.32. The Balaban J connectivity index is 0.000000151. The molecule has 2 amide bonds. The summed E-state index contributed by atoms with van der Waals surface area (Å²) in [5.74, 6) is -5.78. The SMILES string of the molecule is CC1(C)CCC2(CC1)C[C@@H](C(=O)CC1CCC(c3n[nH]c(=O)o3)CC1)[C@H](c1ccnc(Cl)c1F)[C@]21C(=O)Nc2cc(Cl)ccc21.CC1(C)CCC2(CC1)C[C@@H](C(=O)O)[C@H](c1ccnc(Cl)c1F)C21C(=O)Nc2cc(Cl)ccc21.NC1CCC(c2n[nH]c(=O)o2)CC1. The maximum absolute atomic E-state index is 16.1. The Morgan fingerprint density at radius 2 is 1.00 bits per heavy atom. The Labute approximate surface area is 544 Å². The minimum atomic E-state index is -1.25. The van der Waals surface area contributed by atoms with Crippen LogP contribution >= 0.6 is 46.4 Å². The van der Waals surface area contributed by atoms with Crippen molar-refractivity contribution in [2.75, 3.05) is 10.6 Å². The quantitative estimate of drug-likeness (QED) is 0.0773. The van der Waals surface area contributed by atoms with E-state index < -0.39 is 74.4 Å². The van der Waals surface area contributed by atoms with Gasteiger partial charge >= 0.3 is 17.5 Å². The van der Waals surface area contributed by atoms with Gasteiger partial charge in [0.05, 0.1) is 16.7 Å². The Morgan fingerprint density at radius 3 is 1.41 bits per heavy atom. The van der Waals surface area contributed by atoms with Gasteiger partial charge in [-0.25, -0.2) is 38.5 Å². The molecule has 0 bridgehead atoms. The summed E-state index contributed by atoms with van der Waals surface area (Å²) >= 11 is 24.9. The third-order valence-corrected chi connectivity index (χ3v) is 23.6. The van der Waals surface area contributed by atoms with E-state index in [2.05, 4.69) is 68.7 Å². The summed E-state index contributed by atoms with van der Waals surface area (Å²) < 4.78 is 41.7. The summed E-state index contributed by atoms with van der Waals surface area (Å²) in [6.45, 7) is 8.88. The standard InChI is InChI=1S/C34H37Cl2FN4O4.C25H25Cl2FN2O3.C8H13N3O2/c1-32(2)10-12-33(13-11-32)17-22(25(42)15-18-3-5-19(6-4-18)29-40-41-31(44)45-29)26(21-9-14-38-28(36)27(21)37)34(33)23-8-7-20(35)16-24(23)39-30(34)43;1-23(2)6-8-24(9-7-23)12-15(21(31)32)18(14-5-10-29-20(27)19(14)28)25(24)16-4-3-13(26)11-17(16)30-22(25)33;9-6-3-1-5(2-4-6)7-10-11-8(12)13-7/h7-9,14,16,18-19,22,26H,3-6,10-13,15,17H2,1-2H3,(H,39,43)(H,41,44);3-5,10-11,15,18H,6-9,12H2,1-2H3,(H,30,33)(H,31,32);5-6H,1-4,9H2,(H,11,12)/t18?,19?,22-,26-,34+;15-,18+,25?;/m01./s1. The zero-order valence-corrected chi connectivity index (χ0v) is 54.2. The third-order valence-electron chi connectivity index (χ3n) is 22.6. The second kappa shape index (κ2) is 24.5. The number of aromatic nitrogens is 6. The molecule has 6 saturated carbocycles. The molecule has 18 nitrogen and oxygen atoms in total. The maximum atomic E-state index is 16.1. The molecule has 8 aliphatic rings. The van der Waals surface area contributed by atoms with E-state index in [1.165, 1.54) is 18.5 Å². The topological polar surface area (TPSA) is 282 Å². The number of hydrogen-bond donors (Lipinski definition) is 6. The number of pyridine rings is 2. The van der Waals surface area contributed by atoms with E-state index in [1.807, 2.05) is 6.07 Å². The lowest BCUT2D eigenvalue weighted by atomic mass is 9.51. The summed E-state index contributed by atoms with van der Waals surface area (Å²) in [6.07, 6.45) is 17.3. The van der Waals surface area contributed by atoms with Crippen LogP contribution in [0.1, 0.15) is 207 Å². The van der Waals surface area contributed by atoms with Gasteiger partial charge in [-0.3, -0.25) is 19.2 Å². The number of carbonyl (C=O) groups excluding carboxylic acids is 3. The number of fused-ring (bicyclic) bond motifs is 6. The van der Waals surface area contributed by atoms with Crippen molar-refractivity contribution in [3.05, 3.63) is 148 Å². The van der Waals surface area contributed by atoms with Crippen LogP contribution in [0.3, 0.4) is 0 Å². The van der Waals surface area contributed by atoms with Crippen LogP contribution in [-0.2, 0) is 30.0 Å². The number of rotatable bonds is 8. The lowest BCUT2D eigenvalue weighted by Gasteiger charge is -2.51. The Bertz CT molecular complexity index is 3930. The maximum Gasteiger partial charge on any atom is 0.434 e. The molecule has 2 aliphatic heterocycles. The number of anilines is 2. The van der Waals surface area contributed by atoms with Crippen molar-refractivity contribution in [3.63, 3.8) is 0 Å². The summed E-state index contributed by atoms with van der Waals surface area (Å²) in [5, 5.41) is 29.2. The van der Waals surface area contributed by atoms with E-state index in [9.17, 15) is 33.9 Å². The molecule has 4 spiro atoms. The van der Waals surface area contributed by atoms with Gasteiger partial charge in [-0.05, 0) is 202 Å². The molecule has 6 aromatic rings. The summed E-state index contributed by atoms with van der Waals surface area (Å²) in [6, 6.07) is 14.0. The number of H-pyrrole nitrogens is 2. The number of carboxylic acids is 1. The Kier molecular flexibility index (Phi) is 17.5. The number of halogens is 6. The molecule has 14 rings (SSSR count). The summed E-state index contributed by atoms with van der Waals surface area (Å²) in [4.78, 5) is 85.9. The highest BCUT2D eigenvalue weighted by Gasteiger charge is 2.74. The lowest BCUT2D eigenvalue weighted by molar-refractivity contribution is -0.142. The molecule has 91 heavy (non-hydrogen) atoms. The van der Waals surface area contributed by atoms with Crippen LogP contribution in [-0.4, -0.2) is 65.1 Å². The molecule has 6 fully saturated rings. The van der Waals surface area contributed by atoms with Crippen molar-refractivity contribution in [3.8, 4) is 0 Å². The molecule has 484 valence electrons. The van der Waals surface area contributed by atoms with Gasteiger partial charge < -0.3 is 30.3 Å². The zero-order valence-electron chi connectivity index (χ0n) is 51.2. The van der Waals surface area contributed by atoms with E-state index in [4.69, 9.17) is 61.0 Å². The molecular formula is C67H75Cl4F2N9O9. The first-order valence-corrected chi connectivity index (χ1v) is 33.2. The minimum absolute atomic E-state index is 0.0326. The van der Waals surface area contributed by atoms with Crippen molar-refractivity contribution >= 4 is 81.3 Å². The predicted octanol–water partition coefficient (Wildman–Crippen LogP) is 14.3. The minimum Gasteiger partial charge on any atom is -0.481 e. The lowest BCUT2D eigenvalue weighted by Crippen LogP contribution is -2.52. The molecule has 0 saturated heterocycles. The Morgan fingerprint density at radius 1 is 0.593 bits per heavy atom. The molecule has 6 heterocycles. The van der Waals surface area contributed by atoms with Crippen molar-refractivity contribution < 1.29 is 41.9 Å². The molecular weight excluding hydrogens is 1250 g/mol. The monoisotopic (exact) mass is 1330 g/mol. The number of ketones is 1. The van der Waals surface area contributed by atoms with Crippen LogP contribution in [0.15, 0.2) is 79.3 Å². The molecule has 4 aromatic heterocycles. The summed E-state index contributed by atoms with van der Waals surface area (Å²) in [7, 11) is 0. The van der Waals surface area contributed by atoms with Gasteiger partial charge in [-0.15, -0.1) is 10.2 Å². The molecule has 6 atom stereocenters. The second-order valence-electron chi connectivity index (χ2n) is 28.6. The van der Waals surface area contributed by atoms with Gasteiger partial charge in [0.1, 0.15) is 5.78 Å². The van der Waals surface area contributed by atoms with Gasteiger partial charge in [0.15, 0.2) is 21.9 Å². The van der Waals surface area contributed by atoms with Gasteiger partial charge in [-0.2, -0.15) is 0 Å². The van der Waals surface area contributed by atoms with E-state index in [0.717, 1.165) is 95.5 Å². The number of nitrogens with one attached hydrogen (secondary N) is 4. The highest BCUT2D eigenvalue weighted by molar-refractivity contribution is 6.32. The number of nitrogens with two attached hydrogens (primary N) is 1. The number of amides is 2. The highest BCUT2D eigenvalue weighted by Crippen LogP contribution is 2.74. The first kappa shape index (κ1) is 64.8.